The van der Waals surface area contributed by atoms with Gasteiger partial charge in [0.05, 0.1) is 0 Å². The Bertz CT molecular complexity index is 132. The molecule has 0 aromatic heterocycles. The highest BCUT2D eigenvalue weighted by Crippen LogP contribution is 2.17. The van der Waals surface area contributed by atoms with Crippen LogP contribution in [0.25, 0.3) is 0 Å². The Morgan fingerprint density at radius 3 is 2.82 bits per heavy atom. The Kier molecular flexibility index (Phi) is 3.36. The summed E-state index contributed by atoms with van der Waals surface area (Å²) >= 11 is 0. The first-order chi connectivity index (χ1) is 5.33. The summed E-state index contributed by atoms with van der Waals surface area (Å²) in [7, 11) is 0. The van der Waals surface area contributed by atoms with Gasteiger partial charge >= 0.3 is 0 Å². The van der Waals surface area contributed by atoms with Crippen molar-refractivity contribution < 1.29 is 9.53 Å². The Morgan fingerprint density at radius 1 is 1.64 bits per heavy atom. The molecule has 11 heavy (non-hydrogen) atoms. The molecular formula is C8H15NO2. The quantitative estimate of drug-likeness (QED) is 0.652. The van der Waals surface area contributed by atoms with Crippen LogP contribution in [0.1, 0.15) is 26.2 Å². The van der Waals surface area contributed by atoms with Crippen LogP contribution in [0.5, 0.6) is 0 Å². The summed E-state index contributed by atoms with van der Waals surface area (Å²) < 4.78 is 4.95. The number of carbonyl (C=O) groups excluding carboxylic acids is 1. The number of ether oxygens (including phenoxy) is 1. The fourth-order valence-electron chi connectivity index (χ4n) is 1.02. The molecule has 0 atom stereocenters. The topological polar surface area (TPSA) is 38.3 Å². The fraction of sp³-hybridized carbons (Fsp3) is 0.875. The van der Waals surface area contributed by atoms with E-state index in [1.807, 2.05) is 6.92 Å². The molecule has 0 saturated heterocycles. The van der Waals surface area contributed by atoms with Crippen molar-refractivity contribution in [3.63, 3.8) is 0 Å². The van der Waals surface area contributed by atoms with E-state index in [4.69, 9.17) is 4.74 Å². The van der Waals surface area contributed by atoms with Gasteiger partial charge in [-0.3, -0.25) is 4.79 Å². The highest BCUT2D eigenvalue weighted by atomic mass is 16.5. The highest BCUT2D eigenvalue weighted by molar-refractivity contribution is 5.77. The lowest BCUT2D eigenvalue weighted by molar-refractivity contribution is -0.126. The van der Waals surface area contributed by atoms with Crippen LogP contribution in [0.2, 0.25) is 0 Å². The summed E-state index contributed by atoms with van der Waals surface area (Å²) in [5.41, 5.74) is 0. The monoisotopic (exact) mass is 157 g/mol. The molecule has 0 heterocycles. The number of nitrogens with one attached hydrogen (secondary N) is 1. The first kappa shape index (κ1) is 8.53. The summed E-state index contributed by atoms with van der Waals surface area (Å²) in [6.45, 7) is 2.71. The minimum atomic E-state index is 0.0246. The second-order valence-electron chi connectivity index (χ2n) is 2.83. The molecular weight excluding hydrogens is 142 g/mol. The van der Waals surface area contributed by atoms with Crippen molar-refractivity contribution in [1.82, 2.24) is 5.32 Å². The maximum atomic E-state index is 11.0. The first-order valence-corrected chi connectivity index (χ1v) is 4.20. The van der Waals surface area contributed by atoms with E-state index in [1.54, 1.807) is 0 Å². The van der Waals surface area contributed by atoms with Gasteiger partial charge in [-0.15, -0.1) is 0 Å². The summed E-state index contributed by atoms with van der Waals surface area (Å²) in [6.07, 6.45) is 3.52. The van der Waals surface area contributed by atoms with Gasteiger partial charge in [0, 0.05) is 12.6 Å². The Balaban J connectivity index is 2.00. The van der Waals surface area contributed by atoms with Gasteiger partial charge in [0.1, 0.15) is 6.61 Å². The Morgan fingerprint density at radius 2 is 2.36 bits per heavy atom. The van der Waals surface area contributed by atoms with Gasteiger partial charge in [-0.25, -0.2) is 0 Å². The molecule has 0 spiro atoms. The number of amides is 1. The lowest BCUT2D eigenvalue weighted by atomic mass is 9.93. The first-order valence-electron chi connectivity index (χ1n) is 4.20. The minimum absolute atomic E-state index is 0.0246. The molecule has 0 unspecified atom stereocenters. The lowest BCUT2D eigenvalue weighted by Gasteiger charge is -2.26. The predicted octanol–water partition coefficient (Wildman–Crippen LogP) is 0.692. The van der Waals surface area contributed by atoms with Crippen molar-refractivity contribution >= 4 is 5.91 Å². The number of carbonyl (C=O) groups is 1. The van der Waals surface area contributed by atoms with Crippen LogP contribution in [-0.2, 0) is 9.53 Å². The molecule has 1 saturated carbocycles. The third-order valence-corrected chi connectivity index (χ3v) is 1.91. The molecule has 0 bridgehead atoms. The average molecular weight is 157 g/mol. The average Bonchev–Trinajstić information content (AvgIpc) is 1.93. The van der Waals surface area contributed by atoms with E-state index in [0.717, 1.165) is 12.8 Å². The molecule has 1 fully saturated rings. The molecule has 1 N–H and O–H groups in total. The molecule has 0 aromatic carbocycles. The van der Waals surface area contributed by atoms with Gasteiger partial charge in [-0.2, -0.15) is 0 Å². The highest BCUT2D eigenvalue weighted by Gasteiger charge is 2.18. The standard InChI is InChI=1S/C8H15NO2/c1-2-11-6-8(10)9-7-4-3-5-7/h7H,2-6H2,1H3,(H,9,10). The van der Waals surface area contributed by atoms with Crippen LogP contribution in [-0.4, -0.2) is 25.2 Å². The molecule has 3 heteroatoms. The summed E-state index contributed by atoms with van der Waals surface area (Å²) in [5, 5.41) is 2.89. The summed E-state index contributed by atoms with van der Waals surface area (Å²) in [5.74, 6) is 0.0246. The maximum Gasteiger partial charge on any atom is 0.246 e. The van der Waals surface area contributed by atoms with E-state index in [0.29, 0.717) is 12.6 Å². The van der Waals surface area contributed by atoms with Gasteiger partial charge in [-0.1, -0.05) is 0 Å². The van der Waals surface area contributed by atoms with Gasteiger partial charge in [0.25, 0.3) is 0 Å². The van der Waals surface area contributed by atoms with Gasteiger partial charge in [-0.05, 0) is 26.2 Å². The van der Waals surface area contributed by atoms with E-state index in [-0.39, 0.29) is 12.5 Å². The second kappa shape index (κ2) is 4.34. The van der Waals surface area contributed by atoms with Crippen molar-refractivity contribution in [2.75, 3.05) is 13.2 Å². The zero-order chi connectivity index (χ0) is 8.10. The third kappa shape index (κ3) is 2.89. The van der Waals surface area contributed by atoms with Gasteiger partial charge < -0.3 is 10.1 Å². The molecule has 3 nitrogen and oxygen atoms in total. The molecule has 0 aliphatic heterocycles. The number of hydrogen-bond donors (Lipinski definition) is 1. The van der Waals surface area contributed by atoms with Crippen molar-refractivity contribution in [3.8, 4) is 0 Å². The molecule has 1 aliphatic carbocycles. The van der Waals surface area contributed by atoms with E-state index < -0.39 is 0 Å². The second-order valence-corrected chi connectivity index (χ2v) is 2.83. The minimum Gasteiger partial charge on any atom is -0.372 e. The van der Waals surface area contributed by atoms with E-state index in [2.05, 4.69) is 5.32 Å². The molecule has 64 valence electrons. The van der Waals surface area contributed by atoms with Crippen LogP contribution in [0, 0.1) is 0 Å². The molecule has 1 aliphatic rings. The summed E-state index contributed by atoms with van der Waals surface area (Å²) in [4.78, 5) is 11.0. The lowest BCUT2D eigenvalue weighted by Crippen LogP contribution is -2.41. The SMILES string of the molecule is CCOCC(=O)NC1CCC1. The van der Waals surface area contributed by atoms with Crippen LogP contribution >= 0.6 is 0 Å². The van der Waals surface area contributed by atoms with E-state index in [1.165, 1.54) is 6.42 Å². The Hall–Kier alpha value is -0.570. The molecule has 1 amide bonds. The normalized spacial score (nSPS) is 17.5. The van der Waals surface area contributed by atoms with Gasteiger partial charge in [0.15, 0.2) is 0 Å². The van der Waals surface area contributed by atoms with E-state index in [9.17, 15) is 4.79 Å². The number of rotatable bonds is 4. The van der Waals surface area contributed by atoms with Gasteiger partial charge in [0.2, 0.25) is 5.91 Å². The van der Waals surface area contributed by atoms with Crippen molar-refractivity contribution in [1.29, 1.82) is 0 Å². The van der Waals surface area contributed by atoms with Crippen LogP contribution in [0.15, 0.2) is 0 Å². The summed E-state index contributed by atoms with van der Waals surface area (Å²) in [6, 6.07) is 0.433. The van der Waals surface area contributed by atoms with E-state index >= 15 is 0 Å². The van der Waals surface area contributed by atoms with Crippen LogP contribution in [0.4, 0.5) is 0 Å². The predicted molar refractivity (Wildman–Crippen MR) is 42.3 cm³/mol. The molecule has 1 rings (SSSR count). The smallest absolute Gasteiger partial charge is 0.246 e. The molecule has 0 radical (unpaired) electrons. The largest absolute Gasteiger partial charge is 0.372 e. The Labute approximate surface area is 67.1 Å². The fourth-order valence-corrected chi connectivity index (χ4v) is 1.02. The molecule has 0 aromatic rings. The zero-order valence-electron chi connectivity index (χ0n) is 6.93. The zero-order valence-corrected chi connectivity index (χ0v) is 6.93. The van der Waals surface area contributed by atoms with Crippen molar-refractivity contribution in [3.05, 3.63) is 0 Å². The maximum absolute atomic E-state index is 11.0. The van der Waals surface area contributed by atoms with Crippen molar-refractivity contribution in [2.45, 2.75) is 32.2 Å². The van der Waals surface area contributed by atoms with Crippen LogP contribution < -0.4 is 5.32 Å². The van der Waals surface area contributed by atoms with Crippen LogP contribution in [0.3, 0.4) is 0 Å². The van der Waals surface area contributed by atoms with Crippen molar-refractivity contribution in [2.24, 2.45) is 0 Å². The third-order valence-electron chi connectivity index (χ3n) is 1.91. The number of hydrogen-bond acceptors (Lipinski definition) is 2.